The first-order valence-corrected chi connectivity index (χ1v) is 9.08. The lowest BCUT2D eigenvalue weighted by atomic mass is 9.88. The molecular weight excluding hydrogens is 296 g/mol. The topological polar surface area (TPSA) is 49.4 Å². The fraction of sp³-hybridized carbons (Fsp3) is 0.647. The van der Waals surface area contributed by atoms with Crippen LogP contribution in [0.4, 0.5) is 0 Å². The van der Waals surface area contributed by atoms with Crippen molar-refractivity contribution < 1.29 is 9.59 Å². The predicted molar refractivity (Wildman–Crippen MR) is 88.3 cm³/mol. The number of nitrogens with one attached hydrogen (secondary N) is 1. The average Bonchev–Trinajstić information content (AvgIpc) is 2.90. The molecule has 2 aliphatic rings. The second kappa shape index (κ2) is 6.41. The Morgan fingerprint density at radius 1 is 1.27 bits per heavy atom. The first-order chi connectivity index (χ1) is 10.5. The maximum Gasteiger partial charge on any atom is 0.252 e. The summed E-state index contributed by atoms with van der Waals surface area (Å²) in [5.41, 5.74) is 2.17. The molecule has 1 aliphatic carbocycles. The van der Waals surface area contributed by atoms with E-state index in [9.17, 15) is 9.59 Å². The van der Waals surface area contributed by atoms with Gasteiger partial charge in [-0.2, -0.15) is 0 Å². The standard InChI is InChI=1S/C17H24N2O2S/c1-11-3-4-14-15(10-22-16(14)9-11)17(21)18-13-5-7-19(8-6-13)12(2)20/h10-11,13H,3-9H2,1-2H3,(H,18,21)/t11-/m0/s1. The highest BCUT2D eigenvalue weighted by Crippen LogP contribution is 2.32. The molecule has 0 aromatic carbocycles. The number of piperidine rings is 1. The minimum Gasteiger partial charge on any atom is -0.349 e. The van der Waals surface area contributed by atoms with Gasteiger partial charge >= 0.3 is 0 Å². The molecule has 4 nitrogen and oxygen atoms in total. The van der Waals surface area contributed by atoms with Gasteiger partial charge in [-0.3, -0.25) is 9.59 Å². The normalized spacial score (nSPS) is 22.3. The van der Waals surface area contributed by atoms with Gasteiger partial charge in [0.25, 0.3) is 5.91 Å². The minimum absolute atomic E-state index is 0.0772. The van der Waals surface area contributed by atoms with Crippen molar-refractivity contribution in [1.29, 1.82) is 0 Å². The number of likely N-dealkylation sites (tertiary alicyclic amines) is 1. The summed E-state index contributed by atoms with van der Waals surface area (Å²) in [6.45, 7) is 5.39. The van der Waals surface area contributed by atoms with Crippen LogP contribution in [0, 0.1) is 5.92 Å². The van der Waals surface area contributed by atoms with Gasteiger partial charge in [0.1, 0.15) is 0 Å². The second-order valence-electron chi connectivity index (χ2n) is 6.65. The van der Waals surface area contributed by atoms with Gasteiger partial charge in [-0.25, -0.2) is 0 Å². The first-order valence-electron chi connectivity index (χ1n) is 8.20. The maximum atomic E-state index is 12.6. The lowest BCUT2D eigenvalue weighted by Gasteiger charge is -2.31. The van der Waals surface area contributed by atoms with E-state index in [1.807, 2.05) is 10.3 Å². The Hall–Kier alpha value is -1.36. The zero-order valence-electron chi connectivity index (χ0n) is 13.4. The van der Waals surface area contributed by atoms with E-state index in [1.165, 1.54) is 16.9 Å². The highest BCUT2D eigenvalue weighted by molar-refractivity contribution is 7.10. The van der Waals surface area contributed by atoms with Crippen LogP contribution >= 0.6 is 11.3 Å². The lowest BCUT2D eigenvalue weighted by Crippen LogP contribution is -2.46. The zero-order valence-corrected chi connectivity index (χ0v) is 14.2. The Labute approximate surface area is 135 Å². The summed E-state index contributed by atoms with van der Waals surface area (Å²) >= 11 is 1.74. The molecule has 5 heteroatoms. The van der Waals surface area contributed by atoms with Crippen LogP contribution in [0.25, 0.3) is 0 Å². The minimum atomic E-state index is 0.0772. The molecule has 2 amide bonds. The number of nitrogens with zero attached hydrogens (tertiary/aromatic N) is 1. The van der Waals surface area contributed by atoms with E-state index in [2.05, 4.69) is 12.2 Å². The number of carbonyl (C=O) groups is 2. The lowest BCUT2D eigenvalue weighted by molar-refractivity contribution is -0.129. The van der Waals surface area contributed by atoms with E-state index >= 15 is 0 Å². The average molecular weight is 320 g/mol. The van der Waals surface area contributed by atoms with Crippen molar-refractivity contribution in [3.63, 3.8) is 0 Å². The third-order valence-corrected chi connectivity index (χ3v) is 5.97. The van der Waals surface area contributed by atoms with Crippen molar-refractivity contribution in [2.24, 2.45) is 5.92 Å². The quantitative estimate of drug-likeness (QED) is 0.910. The smallest absolute Gasteiger partial charge is 0.252 e. The van der Waals surface area contributed by atoms with E-state index in [1.54, 1.807) is 18.3 Å². The van der Waals surface area contributed by atoms with E-state index in [4.69, 9.17) is 0 Å². The van der Waals surface area contributed by atoms with Crippen molar-refractivity contribution >= 4 is 23.2 Å². The summed E-state index contributed by atoms with van der Waals surface area (Å²) in [6, 6.07) is 0.196. The number of thiophene rings is 1. The van der Waals surface area contributed by atoms with Crippen LogP contribution < -0.4 is 5.32 Å². The third-order valence-electron chi connectivity index (χ3n) is 4.92. The van der Waals surface area contributed by atoms with Gasteiger partial charge < -0.3 is 10.2 Å². The summed E-state index contributed by atoms with van der Waals surface area (Å²) < 4.78 is 0. The fourth-order valence-electron chi connectivity index (χ4n) is 3.47. The Bertz CT molecular complexity index is 573. The molecule has 1 N–H and O–H groups in total. The zero-order chi connectivity index (χ0) is 15.7. The number of rotatable bonds is 2. The van der Waals surface area contributed by atoms with Crippen molar-refractivity contribution in [2.75, 3.05) is 13.1 Å². The van der Waals surface area contributed by atoms with Gasteiger partial charge in [-0.15, -0.1) is 11.3 Å². The molecule has 1 fully saturated rings. The van der Waals surface area contributed by atoms with E-state index < -0.39 is 0 Å². The molecule has 0 bridgehead atoms. The Balaban J connectivity index is 1.60. The van der Waals surface area contributed by atoms with Crippen LogP contribution in [0.1, 0.15) is 53.9 Å². The Kier molecular flexibility index (Phi) is 4.52. The van der Waals surface area contributed by atoms with Gasteiger partial charge in [0, 0.05) is 36.3 Å². The van der Waals surface area contributed by atoms with Gasteiger partial charge in [0.05, 0.1) is 5.56 Å². The Morgan fingerprint density at radius 3 is 2.68 bits per heavy atom. The van der Waals surface area contributed by atoms with Crippen LogP contribution in [0.2, 0.25) is 0 Å². The third kappa shape index (κ3) is 3.19. The second-order valence-corrected chi connectivity index (χ2v) is 7.62. The van der Waals surface area contributed by atoms with Gasteiger partial charge in [-0.05, 0) is 43.6 Å². The maximum absolute atomic E-state index is 12.6. The molecule has 22 heavy (non-hydrogen) atoms. The summed E-state index contributed by atoms with van der Waals surface area (Å²) in [7, 11) is 0. The van der Waals surface area contributed by atoms with Crippen LogP contribution in [0.15, 0.2) is 5.38 Å². The molecule has 1 aromatic rings. The molecule has 0 saturated carbocycles. The van der Waals surface area contributed by atoms with Gasteiger partial charge in [0.2, 0.25) is 5.91 Å². The monoisotopic (exact) mass is 320 g/mol. The van der Waals surface area contributed by atoms with Crippen molar-refractivity contribution in [1.82, 2.24) is 10.2 Å². The molecule has 0 unspecified atom stereocenters. The van der Waals surface area contributed by atoms with Crippen LogP contribution in [0.5, 0.6) is 0 Å². The fourth-order valence-corrected chi connectivity index (χ4v) is 4.71. The van der Waals surface area contributed by atoms with Crippen molar-refractivity contribution in [3.8, 4) is 0 Å². The number of carbonyl (C=O) groups excluding carboxylic acids is 2. The van der Waals surface area contributed by atoms with E-state index in [0.29, 0.717) is 0 Å². The van der Waals surface area contributed by atoms with Crippen LogP contribution in [0.3, 0.4) is 0 Å². The molecule has 0 spiro atoms. The van der Waals surface area contributed by atoms with E-state index in [0.717, 1.165) is 50.3 Å². The number of fused-ring (bicyclic) bond motifs is 1. The number of hydrogen-bond donors (Lipinski definition) is 1. The highest BCUT2D eigenvalue weighted by atomic mass is 32.1. The molecule has 120 valence electrons. The molecule has 1 aliphatic heterocycles. The molecule has 0 radical (unpaired) electrons. The highest BCUT2D eigenvalue weighted by Gasteiger charge is 2.26. The molecule has 2 heterocycles. The summed E-state index contributed by atoms with van der Waals surface area (Å²) in [6.07, 6.45) is 5.04. The van der Waals surface area contributed by atoms with Gasteiger partial charge in [-0.1, -0.05) is 6.92 Å². The summed E-state index contributed by atoms with van der Waals surface area (Å²) in [5.74, 6) is 0.942. The summed E-state index contributed by atoms with van der Waals surface area (Å²) in [5, 5.41) is 5.20. The molecule has 1 atom stereocenters. The first kappa shape index (κ1) is 15.5. The van der Waals surface area contributed by atoms with Gasteiger partial charge in [0.15, 0.2) is 0 Å². The summed E-state index contributed by atoms with van der Waals surface area (Å²) in [4.78, 5) is 27.2. The molecular formula is C17H24N2O2S. The van der Waals surface area contributed by atoms with Crippen LogP contribution in [-0.2, 0) is 17.6 Å². The molecule has 3 rings (SSSR count). The van der Waals surface area contributed by atoms with E-state index in [-0.39, 0.29) is 17.9 Å². The predicted octanol–water partition coefficient (Wildman–Crippen LogP) is 2.61. The SMILES string of the molecule is CC(=O)N1CCC(NC(=O)c2csc3c2CC[C@H](C)C3)CC1. The number of hydrogen-bond acceptors (Lipinski definition) is 3. The van der Waals surface area contributed by atoms with Crippen LogP contribution in [-0.4, -0.2) is 35.8 Å². The number of amides is 2. The Morgan fingerprint density at radius 2 is 2.00 bits per heavy atom. The molecule has 1 aromatic heterocycles. The molecule has 1 saturated heterocycles. The van der Waals surface area contributed by atoms with Crippen molar-refractivity contribution in [3.05, 3.63) is 21.4 Å². The largest absolute Gasteiger partial charge is 0.349 e. The van der Waals surface area contributed by atoms with Crippen molar-refractivity contribution in [2.45, 2.75) is 52.0 Å².